The quantitative estimate of drug-likeness (QED) is 0.0473. The molecule has 0 saturated heterocycles. The number of amides is 6. The van der Waals surface area contributed by atoms with Gasteiger partial charge in [0.25, 0.3) is 0 Å². The standard InChI is InChI=1S/C40H64N6O14/c1-6-11-27(40(59)60)43-37(56)29(21-24-12-9-8-10-13-24)45-39(58)34(23(5)7-2)46-38(57)28(20-22(3)4)44-36(55)26(15-18-32(50)51)42-35(54)25(14-17-31(48)49)41-30(47)16-19-33(52)53/h6,22-29,34H,1,7-21H2,2-5H3,(H,41,47)(H,42,54)(H,43,56)(H,44,55)(H,45,58)(H,46,57)(H,48,49)(H,50,51)(H,52,53)(H,59,60)/t23-,25-,26+,27-,28-,29-,34-/m0/s1. The zero-order chi connectivity index (χ0) is 45.5. The van der Waals surface area contributed by atoms with Crippen molar-refractivity contribution in [1.29, 1.82) is 0 Å². The summed E-state index contributed by atoms with van der Waals surface area (Å²) < 4.78 is 0. The lowest BCUT2D eigenvalue weighted by molar-refractivity contribution is -0.142. The third-order valence-corrected chi connectivity index (χ3v) is 10.2. The van der Waals surface area contributed by atoms with Gasteiger partial charge in [-0.25, -0.2) is 4.79 Å². The molecule has 1 aliphatic carbocycles. The van der Waals surface area contributed by atoms with Gasteiger partial charge >= 0.3 is 23.9 Å². The van der Waals surface area contributed by atoms with E-state index >= 15 is 0 Å². The van der Waals surface area contributed by atoms with Crippen molar-refractivity contribution in [3.8, 4) is 0 Å². The fourth-order valence-electron chi connectivity index (χ4n) is 6.67. The van der Waals surface area contributed by atoms with Crippen molar-refractivity contribution in [3.63, 3.8) is 0 Å². The van der Waals surface area contributed by atoms with E-state index < -0.39 is 140 Å². The molecule has 0 aromatic rings. The molecule has 0 bridgehead atoms. The maximum atomic E-state index is 14.0. The minimum Gasteiger partial charge on any atom is -0.481 e. The number of hydrogen-bond acceptors (Lipinski definition) is 10. The molecule has 0 unspecified atom stereocenters. The summed E-state index contributed by atoms with van der Waals surface area (Å²) in [5, 5.41) is 52.1. The Morgan fingerprint density at radius 2 is 1.05 bits per heavy atom. The summed E-state index contributed by atoms with van der Waals surface area (Å²) in [6.45, 7) is 10.5. The number of aliphatic carboxylic acids is 4. The van der Waals surface area contributed by atoms with Crippen LogP contribution < -0.4 is 31.9 Å². The first-order valence-electron chi connectivity index (χ1n) is 20.5. The average molecular weight is 853 g/mol. The van der Waals surface area contributed by atoms with Crippen LogP contribution in [-0.4, -0.2) is 116 Å². The minimum atomic E-state index is -1.61. The zero-order valence-electron chi connectivity index (χ0n) is 35.0. The van der Waals surface area contributed by atoms with Gasteiger partial charge in [-0.15, -0.1) is 6.58 Å². The Morgan fingerprint density at radius 3 is 1.53 bits per heavy atom. The van der Waals surface area contributed by atoms with E-state index in [1.165, 1.54) is 6.08 Å². The summed E-state index contributed by atoms with van der Waals surface area (Å²) in [4.78, 5) is 127. The molecular formula is C40H64N6O14. The molecule has 338 valence electrons. The first kappa shape index (κ1) is 52.5. The van der Waals surface area contributed by atoms with Gasteiger partial charge in [0.1, 0.15) is 36.3 Å². The molecule has 0 spiro atoms. The zero-order valence-corrected chi connectivity index (χ0v) is 35.0. The molecule has 0 aromatic carbocycles. The summed E-state index contributed by atoms with van der Waals surface area (Å²) in [7, 11) is 0. The maximum Gasteiger partial charge on any atom is 0.326 e. The largest absolute Gasteiger partial charge is 0.481 e. The molecule has 1 fully saturated rings. The number of carbonyl (C=O) groups is 10. The fourth-order valence-corrected chi connectivity index (χ4v) is 6.67. The SMILES string of the molecule is C=CC[C@H](NC(=O)[C@H](CC1CCCCC1)NC(=O)[C@@H](NC(=O)[C@H](CC(C)C)NC(=O)[C@@H](CCC(=O)O)NC(=O)[C@H](CCC(=O)O)NC(=O)CCC(=O)O)[C@@H](C)CC)C(=O)O. The molecule has 7 atom stereocenters. The number of carboxylic acids is 4. The van der Waals surface area contributed by atoms with Gasteiger partial charge in [-0.05, 0) is 49.9 Å². The average Bonchev–Trinajstić information content (AvgIpc) is 3.17. The highest BCUT2D eigenvalue weighted by molar-refractivity contribution is 5.97. The highest BCUT2D eigenvalue weighted by Crippen LogP contribution is 2.27. The molecule has 6 amide bonds. The second kappa shape index (κ2) is 27.2. The van der Waals surface area contributed by atoms with Gasteiger partial charge in [-0.2, -0.15) is 0 Å². The predicted octanol–water partition coefficient (Wildman–Crippen LogP) is 1.21. The van der Waals surface area contributed by atoms with Crippen molar-refractivity contribution in [2.75, 3.05) is 0 Å². The second-order valence-electron chi connectivity index (χ2n) is 15.7. The van der Waals surface area contributed by atoms with E-state index in [9.17, 15) is 63.3 Å². The van der Waals surface area contributed by atoms with Gasteiger partial charge < -0.3 is 52.3 Å². The van der Waals surface area contributed by atoms with Crippen LogP contribution in [0.2, 0.25) is 0 Å². The van der Waals surface area contributed by atoms with Crippen LogP contribution in [0.15, 0.2) is 12.7 Å². The molecule has 0 aliphatic heterocycles. The lowest BCUT2D eigenvalue weighted by atomic mass is 9.84. The maximum absolute atomic E-state index is 14.0. The third-order valence-electron chi connectivity index (χ3n) is 10.2. The Labute approximate surface area is 349 Å². The van der Waals surface area contributed by atoms with Gasteiger partial charge in [0.2, 0.25) is 35.4 Å². The Morgan fingerprint density at radius 1 is 0.583 bits per heavy atom. The van der Waals surface area contributed by atoms with Crippen molar-refractivity contribution in [3.05, 3.63) is 12.7 Å². The van der Waals surface area contributed by atoms with Crippen molar-refractivity contribution >= 4 is 59.3 Å². The van der Waals surface area contributed by atoms with Crippen LogP contribution in [0.1, 0.15) is 124 Å². The number of nitrogens with one attached hydrogen (secondary N) is 6. The van der Waals surface area contributed by atoms with Crippen LogP contribution in [0, 0.1) is 17.8 Å². The molecule has 0 aromatic heterocycles. The van der Waals surface area contributed by atoms with Gasteiger partial charge in [0.05, 0.1) is 6.42 Å². The third kappa shape index (κ3) is 20.4. The molecule has 60 heavy (non-hydrogen) atoms. The Hall–Kier alpha value is -5.56. The first-order chi connectivity index (χ1) is 28.2. The van der Waals surface area contributed by atoms with E-state index in [1.54, 1.807) is 27.7 Å². The van der Waals surface area contributed by atoms with E-state index in [1.807, 2.05) is 0 Å². The monoisotopic (exact) mass is 852 g/mol. The highest BCUT2D eigenvalue weighted by Gasteiger charge is 2.36. The van der Waals surface area contributed by atoms with E-state index in [0.29, 0.717) is 6.42 Å². The summed E-state index contributed by atoms with van der Waals surface area (Å²) in [5.74, 6) is -11.1. The molecule has 0 radical (unpaired) electrons. The van der Waals surface area contributed by atoms with E-state index in [-0.39, 0.29) is 31.1 Å². The Bertz CT molecular complexity index is 1530. The Kier molecular flexibility index (Phi) is 23.8. The van der Waals surface area contributed by atoms with Gasteiger partial charge in [0, 0.05) is 19.3 Å². The second-order valence-corrected chi connectivity index (χ2v) is 15.7. The van der Waals surface area contributed by atoms with Crippen LogP contribution in [0.5, 0.6) is 0 Å². The summed E-state index contributed by atoms with van der Waals surface area (Å²) in [6.07, 6.45) is 3.17. The van der Waals surface area contributed by atoms with Crippen molar-refractivity contribution in [1.82, 2.24) is 31.9 Å². The smallest absolute Gasteiger partial charge is 0.326 e. The lowest BCUT2D eigenvalue weighted by Crippen LogP contribution is -2.61. The van der Waals surface area contributed by atoms with Gasteiger partial charge in [-0.3, -0.25) is 43.2 Å². The lowest BCUT2D eigenvalue weighted by Gasteiger charge is -2.31. The normalized spacial score (nSPS) is 16.3. The van der Waals surface area contributed by atoms with E-state index in [4.69, 9.17) is 5.11 Å². The van der Waals surface area contributed by atoms with Crippen molar-refractivity contribution in [2.45, 2.75) is 160 Å². The van der Waals surface area contributed by atoms with Crippen molar-refractivity contribution in [2.24, 2.45) is 17.8 Å². The van der Waals surface area contributed by atoms with Crippen LogP contribution in [0.3, 0.4) is 0 Å². The number of carboxylic acid groups (broad SMARTS) is 4. The molecule has 10 N–H and O–H groups in total. The van der Waals surface area contributed by atoms with Crippen LogP contribution in [-0.2, 0) is 47.9 Å². The van der Waals surface area contributed by atoms with Crippen LogP contribution in [0.25, 0.3) is 0 Å². The summed E-state index contributed by atoms with van der Waals surface area (Å²) in [5.41, 5.74) is 0. The van der Waals surface area contributed by atoms with Gasteiger partial charge in [-0.1, -0.05) is 72.3 Å². The van der Waals surface area contributed by atoms with E-state index in [0.717, 1.165) is 32.1 Å². The number of carbonyl (C=O) groups excluding carboxylic acids is 6. The summed E-state index contributed by atoms with van der Waals surface area (Å²) >= 11 is 0. The predicted molar refractivity (Wildman–Crippen MR) is 215 cm³/mol. The molecule has 20 heteroatoms. The summed E-state index contributed by atoms with van der Waals surface area (Å²) in [6, 6.07) is -8.15. The first-order valence-corrected chi connectivity index (χ1v) is 20.5. The topological polar surface area (TPSA) is 324 Å². The van der Waals surface area contributed by atoms with Crippen molar-refractivity contribution < 1.29 is 68.4 Å². The highest BCUT2D eigenvalue weighted by atomic mass is 16.4. The molecule has 1 saturated carbocycles. The fraction of sp³-hybridized carbons (Fsp3) is 0.700. The number of rotatable bonds is 29. The molecule has 0 heterocycles. The molecule has 20 nitrogen and oxygen atoms in total. The van der Waals surface area contributed by atoms with Crippen LogP contribution in [0.4, 0.5) is 0 Å². The van der Waals surface area contributed by atoms with E-state index in [2.05, 4.69) is 38.5 Å². The molecular weight excluding hydrogens is 788 g/mol. The van der Waals surface area contributed by atoms with Gasteiger partial charge in [0.15, 0.2) is 0 Å². The number of hydrogen-bond donors (Lipinski definition) is 10. The van der Waals surface area contributed by atoms with Crippen LogP contribution >= 0.6 is 0 Å². The minimum absolute atomic E-state index is 0.0134. The Balaban J connectivity index is 3.39. The molecule has 1 rings (SSSR count). The molecule has 1 aliphatic rings.